The summed E-state index contributed by atoms with van der Waals surface area (Å²) in [6.07, 6.45) is 5.23. The van der Waals surface area contributed by atoms with Crippen LogP contribution < -0.4 is 5.32 Å². The maximum Gasteiger partial charge on any atom is 0.193 e. The minimum absolute atomic E-state index is 0.0465. The van der Waals surface area contributed by atoms with Gasteiger partial charge in [0.1, 0.15) is 0 Å². The molecule has 1 N–H and O–H groups in total. The highest BCUT2D eigenvalue weighted by molar-refractivity contribution is 7.91. The molecule has 0 atom stereocenters. The Balaban J connectivity index is 1.62. The molecule has 1 aliphatic carbocycles. The van der Waals surface area contributed by atoms with E-state index in [1.165, 1.54) is 25.7 Å². The van der Waals surface area contributed by atoms with Gasteiger partial charge in [0.2, 0.25) is 0 Å². The summed E-state index contributed by atoms with van der Waals surface area (Å²) < 4.78 is 24.7. The van der Waals surface area contributed by atoms with E-state index in [0.717, 1.165) is 25.6 Å². The van der Waals surface area contributed by atoms with Crippen LogP contribution in [0, 0.1) is 5.41 Å². The SMILES string of the molecule is CCNC(=NCCS(=O)(=O)c1ccccc1)N1CCC2(CCC2)C1. The monoisotopic (exact) mass is 349 g/mol. The molecule has 1 heterocycles. The summed E-state index contributed by atoms with van der Waals surface area (Å²) in [5.74, 6) is 0.912. The summed E-state index contributed by atoms with van der Waals surface area (Å²) in [4.78, 5) is 7.26. The van der Waals surface area contributed by atoms with Crippen LogP contribution in [0.3, 0.4) is 0 Å². The second-order valence-electron chi connectivity index (χ2n) is 6.89. The molecule has 132 valence electrons. The Morgan fingerprint density at radius 2 is 2.00 bits per heavy atom. The quantitative estimate of drug-likeness (QED) is 0.654. The van der Waals surface area contributed by atoms with Crippen molar-refractivity contribution in [3.8, 4) is 0 Å². The van der Waals surface area contributed by atoms with Gasteiger partial charge in [0, 0.05) is 19.6 Å². The van der Waals surface area contributed by atoms with E-state index in [0.29, 0.717) is 16.9 Å². The van der Waals surface area contributed by atoms with Crippen molar-refractivity contribution in [1.82, 2.24) is 10.2 Å². The summed E-state index contributed by atoms with van der Waals surface area (Å²) in [5, 5.41) is 3.32. The van der Waals surface area contributed by atoms with Gasteiger partial charge in [0.15, 0.2) is 15.8 Å². The lowest BCUT2D eigenvalue weighted by atomic mass is 9.68. The van der Waals surface area contributed by atoms with Crippen LogP contribution in [0.15, 0.2) is 40.2 Å². The van der Waals surface area contributed by atoms with Crippen LogP contribution in [0.25, 0.3) is 0 Å². The lowest BCUT2D eigenvalue weighted by molar-refractivity contribution is 0.151. The number of guanidine groups is 1. The third-order valence-corrected chi connectivity index (χ3v) is 6.92. The Hall–Kier alpha value is -1.56. The number of aliphatic imine (C=N–C) groups is 1. The zero-order valence-electron chi connectivity index (χ0n) is 14.4. The summed E-state index contributed by atoms with van der Waals surface area (Å²) in [6.45, 7) is 5.23. The zero-order valence-corrected chi connectivity index (χ0v) is 15.2. The lowest BCUT2D eigenvalue weighted by Crippen LogP contribution is -2.42. The molecule has 1 aromatic carbocycles. The van der Waals surface area contributed by atoms with E-state index in [4.69, 9.17) is 0 Å². The van der Waals surface area contributed by atoms with Crippen molar-refractivity contribution in [2.24, 2.45) is 10.4 Å². The molecular weight excluding hydrogens is 322 g/mol. The largest absolute Gasteiger partial charge is 0.357 e. The van der Waals surface area contributed by atoms with E-state index in [9.17, 15) is 8.42 Å². The molecule has 1 aliphatic heterocycles. The van der Waals surface area contributed by atoms with Crippen molar-refractivity contribution in [3.05, 3.63) is 30.3 Å². The van der Waals surface area contributed by atoms with Gasteiger partial charge in [-0.25, -0.2) is 8.42 Å². The first kappa shape index (κ1) is 17.3. The molecule has 2 aliphatic rings. The minimum Gasteiger partial charge on any atom is -0.357 e. The fourth-order valence-electron chi connectivity index (χ4n) is 3.64. The number of hydrogen-bond acceptors (Lipinski definition) is 3. The number of likely N-dealkylation sites (tertiary alicyclic amines) is 1. The maximum atomic E-state index is 12.3. The first-order valence-corrected chi connectivity index (χ1v) is 10.5. The molecule has 1 saturated heterocycles. The molecule has 1 spiro atoms. The molecule has 2 fully saturated rings. The summed E-state index contributed by atoms with van der Waals surface area (Å²) in [7, 11) is -3.26. The first-order valence-electron chi connectivity index (χ1n) is 8.86. The Morgan fingerprint density at radius 3 is 2.58 bits per heavy atom. The molecule has 5 nitrogen and oxygen atoms in total. The number of sulfone groups is 1. The minimum atomic E-state index is -3.26. The fraction of sp³-hybridized carbons (Fsp3) is 0.611. The van der Waals surface area contributed by atoms with Gasteiger partial charge in [-0.3, -0.25) is 4.99 Å². The van der Waals surface area contributed by atoms with E-state index in [1.807, 2.05) is 13.0 Å². The number of nitrogens with one attached hydrogen (secondary N) is 1. The molecule has 0 amide bonds. The molecule has 0 unspecified atom stereocenters. The van der Waals surface area contributed by atoms with Crippen LogP contribution in [0.5, 0.6) is 0 Å². The fourth-order valence-corrected chi connectivity index (χ4v) is 4.78. The molecule has 0 radical (unpaired) electrons. The van der Waals surface area contributed by atoms with Crippen molar-refractivity contribution in [3.63, 3.8) is 0 Å². The van der Waals surface area contributed by atoms with Crippen LogP contribution in [0.1, 0.15) is 32.6 Å². The van der Waals surface area contributed by atoms with Crippen LogP contribution in [-0.4, -0.2) is 51.2 Å². The third-order valence-electron chi connectivity index (χ3n) is 5.21. The van der Waals surface area contributed by atoms with E-state index < -0.39 is 9.84 Å². The van der Waals surface area contributed by atoms with E-state index in [-0.39, 0.29) is 5.75 Å². The standard InChI is InChI=1S/C18H27N3O2S/c1-2-19-17(21-13-11-18(15-21)9-6-10-18)20-12-14-24(22,23)16-7-4-3-5-8-16/h3-5,7-8H,2,6,9-15H2,1H3,(H,19,20). The number of rotatable bonds is 5. The highest BCUT2D eigenvalue weighted by atomic mass is 32.2. The summed E-state index contributed by atoms with van der Waals surface area (Å²) in [6, 6.07) is 8.62. The van der Waals surface area contributed by atoms with E-state index >= 15 is 0 Å². The predicted molar refractivity (Wildman–Crippen MR) is 96.9 cm³/mol. The number of nitrogens with zero attached hydrogens (tertiary/aromatic N) is 2. The summed E-state index contributed by atoms with van der Waals surface area (Å²) >= 11 is 0. The molecule has 1 saturated carbocycles. The second-order valence-corrected chi connectivity index (χ2v) is 9.00. The zero-order chi connectivity index (χ0) is 17.0. The molecule has 6 heteroatoms. The number of hydrogen-bond donors (Lipinski definition) is 1. The highest BCUT2D eigenvalue weighted by Gasteiger charge is 2.43. The molecule has 0 aromatic heterocycles. The van der Waals surface area contributed by atoms with Crippen LogP contribution >= 0.6 is 0 Å². The van der Waals surface area contributed by atoms with Crippen molar-refractivity contribution in [2.45, 2.75) is 37.5 Å². The molecular formula is C18H27N3O2S. The van der Waals surface area contributed by atoms with Gasteiger partial charge in [-0.2, -0.15) is 0 Å². The molecule has 24 heavy (non-hydrogen) atoms. The van der Waals surface area contributed by atoms with Crippen LogP contribution in [-0.2, 0) is 9.84 Å². The second kappa shape index (κ2) is 7.13. The van der Waals surface area contributed by atoms with Crippen molar-refractivity contribution in [2.75, 3.05) is 31.9 Å². The Bertz CT molecular complexity index is 681. The van der Waals surface area contributed by atoms with E-state index in [1.54, 1.807) is 24.3 Å². The highest BCUT2D eigenvalue weighted by Crippen LogP contribution is 2.47. The van der Waals surface area contributed by atoms with Gasteiger partial charge in [-0.1, -0.05) is 24.6 Å². The average molecular weight is 350 g/mol. The van der Waals surface area contributed by atoms with Gasteiger partial charge < -0.3 is 10.2 Å². The molecule has 3 rings (SSSR count). The molecule has 0 bridgehead atoms. The van der Waals surface area contributed by atoms with Crippen LogP contribution in [0.2, 0.25) is 0 Å². The topological polar surface area (TPSA) is 61.8 Å². The Labute approximate surface area is 145 Å². The van der Waals surface area contributed by atoms with Crippen molar-refractivity contribution >= 4 is 15.8 Å². The third kappa shape index (κ3) is 3.74. The molecule has 1 aromatic rings. The maximum absolute atomic E-state index is 12.3. The summed E-state index contributed by atoms with van der Waals surface area (Å²) in [5.41, 5.74) is 0.506. The van der Waals surface area contributed by atoms with Crippen molar-refractivity contribution in [1.29, 1.82) is 0 Å². The smallest absolute Gasteiger partial charge is 0.193 e. The Morgan fingerprint density at radius 1 is 1.25 bits per heavy atom. The van der Waals surface area contributed by atoms with Gasteiger partial charge in [-0.15, -0.1) is 0 Å². The van der Waals surface area contributed by atoms with Gasteiger partial charge in [-0.05, 0) is 43.7 Å². The van der Waals surface area contributed by atoms with Crippen LogP contribution in [0.4, 0.5) is 0 Å². The van der Waals surface area contributed by atoms with Crippen molar-refractivity contribution < 1.29 is 8.42 Å². The van der Waals surface area contributed by atoms with Gasteiger partial charge >= 0.3 is 0 Å². The average Bonchev–Trinajstić information content (AvgIpc) is 3.01. The number of benzene rings is 1. The normalized spacial score (nSPS) is 20.2. The first-order chi connectivity index (χ1) is 11.5. The Kier molecular flexibility index (Phi) is 5.13. The van der Waals surface area contributed by atoms with E-state index in [2.05, 4.69) is 15.2 Å². The predicted octanol–water partition coefficient (Wildman–Crippen LogP) is 2.30. The lowest BCUT2D eigenvalue weighted by Gasteiger charge is -2.38. The van der Waals surface area contributed by atoms with Gasteiger partial charge in [0.25, 0.3) is 0 Å². The van der Waals surface area contributed by atoms with Gasteiger partial charge in [0.05, 0.1) is 17.2 Å².